The number of nitrogens with zero attached hydrogens (tertiary/aromatic N) is 2. The molecule has 0 aliphatic carbocycles. The van der Waals surface area contributed by atoms with Gasteiger partial charge in [-0.2, -0.15) is 38.2 Å². The molecule has 2 aliphatic heterocycles. The Morgan fingerprint density at radius 1 is 0.818 bits per heavy atom. The number of aromatic carboxylic acids is 1. The second-order valence-electron chi connectivity index (χ2n) is 14.1. The minimum Gasteiger partial charge on any atom is -0.478 e. The number of hydrogen-bond donors (Lipinski definition) is 5. The number of benzene rings is 2. The van der Waals surface area contributed by atoms with Gasteiger partial charge in [-0.3, -0.25) is 18.2 Å². The van der Waals surface area contributed by atoms with Gasteiger partial charge in [0, 0.05) is 52.9 Å². The second kappa shape index (κ2) is 14.6. The number of anilines is 1. The summed E-state index contributed by atoms with van der Waals surface area (Å²) < 4.78 is 135. The molecule has 0 atom stereocenters. The normalized spacial score (nSPS) is 18.0. The predicted octanol–water partition coefficient (Wildman–Crippen LogP) is 4.82. The molecule has 2 aromatic carbocycles. The van der Waals surface area contributed by atoms with E-state index in [-0.39, 0.29) is 47.3 Å². The fraction of sp³-hybridized carbons (Fsp3) is 0.353. The van der Waals surface area contributed by atoms with Crippen molar-refractivity contribution in [2.24, 2.45) is 0 Å². The maximum Gasteiger partial charge on any atom is 0.335 e. The van der Waals surface area contributed by atoms with Gasteiger partial charge in [0.2, 0.25) is 5.69 Å². The lowest BCUT2D eigenvalue weighted by Crippen LogP contribution is -2.28. The molecule has 298 valence electrons. The predicted molar refractivity (Wildman–Crippen MR) is 206 cm³/mol. The van der Waals surface area contributed by atoms with Crippen molar-refractivity contribution in [3.8, 4) is 0 Å². The van der Waals surface area contributed by atoms with E-state index < -0.39 is 77.9 Å². The van der Waals surface area contributed by atoms with Crippen molar-refractivity contribution >= 4 is 85.0 Å². The molecule has 0 unspecified atom stereocenters. The molecular weight excluding hydrogens is 821 g/mol. The maximum absolute atomic E-state index is 12.6. The zero-order valence-electron chi connectivity index (χ0n) is 29.9. The number of hydrogen-bond acceptors (Lipinski definition) is 11. The summed E-state index contributed by atoms with van der Waals surface area (Å²) in [4.78, 5) is 12.7. The van der Waals surface area contributed by atoms with E-state index in [2.05, 4.69) is 0 Å². The van der Waals surface area contributed by atoms with Crippen LogP contribution in [-0.2, 0) is 51.3 Å². The Bertz CT molecular complexity index is 2690. The first-order valence-electron chi connectivity index (χ1n) is 16.5. The minimum atomic E-state index is -4.94. The molecule has 1 aromatic heterocycles. The van der Waals surface area contributed by atoms with Crippen LogP contribution in [0.15, 0.2) is 75.5 Å². The maximum atomic E-state index is 12.6. The average Bonchev–Trinajstić information content (AvgIpc) is 3.63. The number of carbonyl (C=O) groups is 1. The third-order valence-electron chi connectivity index (χ3n) is 9.54. The van der Waals surface area contributed by atoms with Crippen molar-refractivity contribution in [3.63, 3.8) is 0 Å². The Morgan fingerprint density at radius 3 is 2.04 bits per heavy atom. The van der Waals surface area contributed by atoms with E-state index in [1.54, 1.807) is 61.3 Å². The molecule has 0 bridgehead atoms. The highest BCUT2D eigenvalue weighted by molar-refractivity contribution is 7.88. The molecule has 2 aliphatic rings. The molecule has 0 radical (unpaired) electrons. The zero-order chi connectivity index (χ0) is 41.1. The monoisotopic (exact) mass is 859 g/mol. The molecule has 0 saturated heterocycles. The number of carboxylic acid groups (broad SMARTS) is 1. The summed E-state index contributed by atoms with van der Waals surface area (Å²) in [6.07, 6.45) is 8.40. The van der Waals surface area contributed by atoms with Crippen LogP contribution in [0.3, 0.4) is 0 Å². The van der Waals surface area contributed by atoms with Crippen LogP contribution in [-0.4, -0.2) is 97.8 Å². The first-order chi connectivity index (χ1) is 25.1. The number of allylic oxidation sites excluding steroid dienone is 6. The topological polar surface area (TPSA) is 261 Å². The third-order valence-corrected chi connectivity index (χ3v) is 14.6. The van der Waals surface area contributed by atoms with E-state index in [1.165, 1.54) is 6.07 Å². The summed E-state index contributed by atoms with van der Waals surface area (Å²) in [7, 11) is -18.3. The van der Waals surface area contributed by atoms with Crippen molar-refractivity contribution in [1.82, 2.24) is 0 Å². The van der Waals surface area contributed by atoms with Gasteiger partial charge in [-0.25, -0.2) is 4.79 Å². The highest BCUT2D eigenvalue weighted by Crippen LogP contribution is 2.54. The largest absolute Gasteiger partial charge is 0.478 e. The molecule has 0 saturated carbocycles. The molecule has 0 fully saturated rings. The number of fused-ring (bicyclic) bond motifs is 4. The molecule has 5 rings (SSSR count). The SMILES string of the molecule is CC1(C)C(/C=C/C=C/C=C2/N(CCCS(=O)(=O)O)c3cc(S(=O)(=O)O)c4sc(S(=O)(=O)O)cc4c3C2(C)C)=[N+](CCCS(=O)(=O)O)c2ccc(C(=O)O)cc21. The number of thiophene rings is 1. The van der Waals surface area contributed by atoms with E-state index in [0.29, 0.717) is 39.6 Å². The summed E-state index contributed by atoms with van der Waals surface area (Å²) in [5, 5.41) is 9.74. The van der Waals surface area contributed by atoms with Gasteiger partial charge in [0.1, 0.15) is 15.6 Å². The van der Waals surface area contributed by atoms with Gasteiger partial charge in [0.05, 0.1) is 27.2 Å². The van der Waals surface area contributed by atoms with Crippen LogP contribution in [0.4, 0.5) is 11.4 Å². The quantitative estimate of drug-likeness (QED) is 0.0827. The smallest absolute Gasteiger partial charge is 0.335 e. The van der Waals surface area contributed by atoms with Crippen molar-refractivity contribution < 1.29 is 66.4 Å². The molecule has 3 heterocycles. The average molecular weight is 860 g/mol. The summed E-state index contributed by atoms with van der Waals surface area (Å²) >= 11 is 0.460. The van der Waals surface area contributed by atoms with E-state index in [4.69, 9.17) is 0 Å². The van der Waals surface area contributed by atoms with E-state index in [1.807, 2.05) is 18.4 Å². The molecule has 16 nitrogen and oxygen atoms in total. The van der Waals surface area contributed by atoms with Crippen LogP contribution in [0.25, 0.3) is 10.1 Å². The third kappa shape index (κ3) is 8.79. The molecule has 3 aromatic rings. The summed E-state index contributed by atoms with van der Waals surface area (Å²) in [6, 6.07) is 6.91. The van der Waals surface area contributed by atoms with Gasteiger partial charge >= 0.3 is 16.1 Å². The van der Waals surface area contributed by atoms with Crippen LogP contribution in [0.1, 0.15) is 62.0 Å². The highest BCUT2D eigenvalue weighted by Gasteiger charge is 2.45. The lowest BCUT2D eigenvalue weighted by atomic mass is 9.81. The van der Waals surface area contributed by atoms with Crippen LogP contribution in [0, 0.1) is 0 Å². The fourth-order valence-corrected chi connectivity index (χ4v) is 11.0. The van der Waals surface area contributed by atoms with Gasteiger partial charge in [-0.15, -0.1) is 11.3 Å². The lowest BCUT2D eigenvalue weighted by Gasteiger charge is -2.27. The lowest BCUT2D eigenvalue weighted by molar-refractivity contribution is -0.437. The van der Waals surface area contributed by atoms with Crippen molar-refractivity contribution in [1.29, 1.82) is 0 Å². The summed E-state index contributed by atoms with van der Waals surface area (Å²) in [5.41, 5.74) is 1.54. The standard InChI is InChI=1S/C34H38N2O14S5/c1-33(2)23-18-21(32(37)38)12-13-24(23)35(14-8-16-52(39,40)41)27(33)10-6-5-7-11-28-34(3,4)30-22-19-29(55(48,49)50)51-31(22)26(54(45,46)47)20-25(30)36(28)15-9-17-53(42,43)44/h5-7,10-13,18-20H,8-9,14-17H2,1-4H3,(H4-,37,38,39,40,41,42,43,44,45,46,47,48,49,50)/p+1. The van der Waals surface area contributed by atoms with Gasteiger partial charge in [-0.1, -0.05) is 32.1 Å². The minimum absolute atomic E-state index is 0.0569. The Morgan fingerprint density at radius 2 is 1.45 bits per heavy atom. The van der Waals surface area contributed by atoms with Crippen molar-refractivity contribution in [3.05, 3.63) is 83.1 Å². The molecule has 5 N–H and O–H groups in total. The van der Waals surface area contributed by atoms with E-state index >= 15 is 0 Å². The Kier molecular flexibility index (Phi) is 11.2. The molecular formula is C34H39N2O14S5+. The highest BCUT2D eigenvalue weighted by atomic mass is 32.3. The van der Waals surface area contributed by atoms with Gasteiger partial charge in [0.25, 0.3) is 30.4 Å². The van der Waals surface area contributed by atoms with Crippen molar-refractivity contribution in [2.45, 2.75) is 60.5 Å². The number of rotatable bonds is 14. The summed E-state index contributed by atoms with van der Waals surface area (Å²) in [5.74, 6) is -2.24. The van der Waals surface area contributed by atoms with Crippen LogP contribution < -0.4 is 4.90 Å². The van der Waals surface area contributed by atoms with Gasteiger partial charge < -0.3 is 10.0 Å². The Hall–Kier alpha value is -3.80. The van der Waals surface area contributed by atoms with E-state index in [0.717, 1.165) is 12.1 Å². The fourth-order valence-electron chi connectivity index (χ4n) is 7.18. The zero-order valence-corrected chi connectivity index (χ0v) is 33.9. The second-order valence-corrected chi connectivity index (χ2v) is 21.3. The Balaban J connectivity index is 1.60. The van der Waals surface area contributed by atoms with Gasteiger partial charge in [0.15, 0.2) is 5.71 Å². The molecule has 55 heavy (non-hydrogen) atoms. The molecule has 0 spiro atoms. The summed E-state index contributed by atoms with van der Waals surface area (Å²) in [6.45, 7) is 7.43. The first-order valence-corrected chi connectivity index (χ1v) is 23.4. The molecule has 0 amide bonds. The first kappa shape index (κ1) is 42.3. The molecule has 21 heteroatoms. The van der Waals surface area contributed by atoms with Gasteiger partial charge in [-0.05, 0) is 56.2 Å². The van der Waals surface area contributed by atoms with Crippen molar-refractivity contribution in [2.75, 3.05) is 29.5 Å². The Labute approximate surface area is 322 Å². The van der Waals surface area contributed by atoms with Crippen LogP contribution in [0.2, 0.25) is 0 Å². The van der Waals surface area contributed by atoms with Crippen LogP contribution >= 0.6 is 11.3 Å². The number of carboxylic acids is 1. The van der Waals surface area contributed by atoms with Crippen LogP contribution in [0.5, 0.6) is 0 Å². The van der Waals surface area contributed by atoms with E-state index in [9.17, 15) is 61.8 Å².